The molecule has 2 amide bonds. The molecule has 0 bridgehead atoms. The molecule has 9 heteroatoms. The molecule has 3 N–H and O–H groups in total. The van der Waals surface area contributed by atoms with E-state index in [1.165, 1.54) is 0 Å². The molecule has 25 heavy (non-hydrogen) atoms. The number of hydrogen-bond acceptors (Lipinski definition) is 5. The maximum absolute atomic E-state index is 12.1. The second-order valence-electron chi connectivity index (χ2n) is 5.19. The van der Waals surface area contributed by atoms with Gasteiger partial charge < -0.3 is 4.74 Å². The number of nitrogens with zero attached hydrogens (tertiary/aromatic N) is 2. The van der Waals surface area contributed by atoms with Gasteiger partial charge in [-0.1, -0.05) is 22.0 Å². The van der Waals surface area contributed by atoms with Crippen LogP contribution in [0, 0.1) is 0 Å². The first-order chi connectivity index (χ1) is 12.0. The minimum Gasteiger partial charge on any atom is -0.481 e. The van der Waals surface area contributed by atoms with Crippen molar-refractivity contribution in [3.63, 3.8) is 0 Å². The van der Waals surface area contributed by atoms with Crippen LogP contribution in [-0.2, 0) is 4.79 Å². The van der Waals surface area contributed by atoms with Crippen LogP contribution in [0.1, 0.15) is 17.3 Å². The van der Waals surface area contributed by atoms with Crippen LogP contribution < -0.4 is 15.6 Å². The SMILES string of the molecule is CC(Oc1cccc(Br)c1)C(=O)NNC(=O)c1ccc2n[nH]nc2c1. The lowest BCUT2D eigenvalue weighted by molar-refractivity contribution is -0.128. The van der Waals surface area contributed by atoms with Crippen molar-refractivity contribution in [3.05, 3.63) is 52.5 Å². The van der Waals surface area contributed by atoms with E-state index in [-0.39, 0.29) is 0 Å². The summed E-state index contributed by atoms with van der Waals surface area (Å²) in [5.41, 5.74) is 6.25. The molecule has 2 aromatic carbocycles. The maximum Gasteiger partial charge on any atom is 0.279 e. The summed E-state index contributed by atoms with van der Waals surface area (Å²) in [5.74, 6) is -0.399. The van der Waals surface area contributed by atoms with Crippen LogP contribution in [-0.4, -0.2) is 33.3 Å². The quantitative estimate of drug-likeness (QED) is 0.576. The molecule has 128 valence electrons. The number of hydrazine groups is 1. The van der Waals surface area contributed by atoms with Crippen LogP contribution in [0.5, 0.6) is 5.75 Å². The number of rotatable bonds is 4. The summed E-state index contributed by atoms with van der Waals surface area (Å²) in [6.07, 6.45) is -0.785. The summed E-state index contributed by atoms with van der Waals surface area (Å²) < 4.78 is 6.37. The van der Waals surface area contributed by atoms with Crippen LogP contribution in [0.3, 0.4) is 0 Å². The molecule has 0 aliphatic carbocycles. The number of aromatic amines is 1. The van der Waals surface area contributed by atoms with Gasteiger partial charge in [-0.25, -0.2) is 0 Å². The van der Waals surface area contributed by atoms with Crippen molar-refractivity contribution in [2.45, 2.75) is 13.0 Å². The highest BCUT2D eigenvalue weighted by Gasteiger charge is 2.16. The van der Waals surface area contributed by atoms with E-state index < -0.39 is 17.9 Å². The monoisotopic (exact) mass is 403 g/mol. The molecule has 1 unspecified atom stereocenters. The lowest BCUT2D eigenvalue weighted by Gasteiger charge is -2.15. The zero-order chi connectivity index (χ0) is 17.8. The molecule has 0 radical (unpaired) electrons. The number of hydrogen-bond donors (Lipinski definition) is 3. The van der Waals surface area contributed by atoms with Crippen LogP contribution in [0.15, 0.2) is 46.9 Å². The lowest BCUT2D eigenvalue weighted by Crippen LogP contribution is -2.47. The summed E-state index contributed by atoms with van der Waals surface area (Å²) in [7, 11) is 0. The van der Waals surface area contributed by atoms with E-state index in [1.54, 1.807) is 43.3 Å². The summed E-state index contributed by atoms with van der Waals surface area (Å²) in [6.45, 7) is 1.59. The molecule has 0 saturated heterocycles. The molecule has 0 spiro atoms. The Bertz CT molecular complexity index is 927. The predicted molar refractivity (Wildman–Crippen MR) is 93.7 cm³/mol. The highest BCUT2D eigenvalue weighted by molar-refractivity contribution is 9.10. The van der Waals surface area contributed by atoms with Crippen molar-refractivity contribution >= 4 is 38.8 Å². The van der Waals surface area contributed by atoms with E-state index in [2.05, 4.69) is 42.2 Å². The molecule has 3 aromatic rings. The number of H-pyrrole nitrogens is 1. The van der Waals surface area contributed by atoms with Crippen molar-refractivity contribution in [3.8, 4) is 5.75 Å². The zero-order valence-electron chi connectivity index (χ0n) is 13.1. The molecule has 3 rings (SSSR count). The fourth-order valence-corrected chi connectivity index (χ4v) is 2.45. The molecule has 0 fully saturated rings. The van der Waals surface area contributed by atoms with E-state index in [4.69, 9.17) is 4.74 Å². The molecular formula is C16H14BrN5O3. The fourth-order valence-electron chi connectivity index (χ4n) is 2.07. The number of ether oxygens (including phenoxy) is 1. The Morgan fingerprint density at radius 3 is 2.72 bits per heavy atom. The zero-order valence-corrected chi connectivity index (χ0v) is 14.7. The molecule has 1 heterocycles. The van der Waals surface area contributed by atoms with Gasteiger partial charge in [-0.15, -0.1) is 0 Å². The first-order valence-electron chi connectivity index (χ1n) is 7.36. The van der Waals surface area contributed by atoms with Crippen molar-refractivity contribution in [2.75, 3.05) is 0 Å². The number of amides is 2. The first kappa shape index (κ1) is 16.9. The van der Waals surface area contributed by atoms with Crippen LogP contribution in [0.25, 0.3) is 11.0 Å². The van der Waals surface area contributed by atoms with Crippen LogP contribution >= 0.6 is 15.9 Å². The van der Waals surface area contributed by atoms with Crippen molar-refractivity contribution in [1.29, 1.82) is 0 Å². The third-order valence-electron chi connectivity index (χ3n) is 3.36. The number of benzene rings is 2. The molecule has 0 aliphatic heterocycles. The van der Waals surface area contributed by atoms with E-state index >= 15 is 0 Å². The average Bonchev–Trinajstić information content (AvgIpc) is 3.07. The van der Waals surface area contributed by atoms with Gasteiger partial charge in [-0.3, -0.25) is 20.4 Å². The molecule has 0 saturated carbocycles. The first-order valence-corrected chi connectivity index (χ1v) is 8.15. The third-order valence-corrected chi connectivity index (χ3v) is 3.85. The van der Waals surface area contributed by atoms with E-state index in [1.807, 2.05) is 6.07 Å². The Hall–Kier alpha value is -2.94. The number of nitrogens with one attached hydrogen (secondary N) is 3. The summed E-state index contributed by atoms with van der Waals surface area (Å²) in [6, 6.07) is 12.0. The van der Waals surface area contributed by atoms with Crippen molar-refractivity contribution in [2.24, 2.45) is 0 Å². The van der Waals surface area contributed by atoms with E-state index in [0.717, 1.165) is 4.47 Å². The average molecular weight is 404 g/mol. The molecular weight excluding hydrogens is 390 g/mol. The lowest BCUT2D eigenvalue weighted by atomic mass is 10.2. The standard InChI is InChI=1S/C16H14BrN5O3/c1-9(25-12-4-2-3-11(17)8-12)15(23)20-21-16(24)10-5-6-13-14(7-10)19-22-18-13/h2-9H,1H3,(H,20,23)(H,21,24)(H,18,19,22). The topological polar surface area (TPSA) is 109 Å². The predicted octanol–water partition coefficient (Wildman–Crippen LogP) is 1.95. The Balaban J connectivity index is 1.56. The van der Waals surface area contributed by atoms with Gasteiger partial charge in [0.05, 0.1) is 0 Å². The van der Waals surface area contributed by atoms with Crippen molar-refractivity contribution < 1.29 is 14.3 Å². The Morgan fingerprint density at radius 1 is 1.12 bits per heavy atom. The third kappa shape index (κ3) is 4.13. The molecule has 1 atom stereocenters. The fraction of sp³-hybridized carbons (Fsp3) is 0.125. The van der Waals surface area contributed by atoms with E-state index in [9.17, 15) is 9.59 Å². The Labute approximate surface area is 151 Å². The maximum atomic E-state index is 12.1. The Kier molecular flexibility index (Phi) is 4.94. The molecule has 8 nitrogen and oxygen atoms in total. The van der Waals surface area contributed by atoms with Gasteiger partial charge >= 0.3 is 0 Å². The molecule has 1 aromatic heterocycles. The van der Waals surface area contributed by atoms with Gasteiger partial charge in [-0.2, -0.15) is 15.4 Å². The second-order valence-corrected chi connectivity index (χ2v) is 6.10. The van der Waals surface area contributed by atoms with Gasteiger partial charge in [0.15, 0.2) is 6.10 Å². The number of carbonyl (C=O) groups is 2. The molecule has 0 aliphatic rings. The summed E-state index contributed by atoms with van der Waals surface area (Å²) in [4.78, 5) is 24.2. The largest absolute Gasteiger partial charge is 0.481 e. The van der Waals surface area contributed by atoms with Gasteiger partial charge in [0.1, 0.15) is 16.8 Å². The van der Waals surface area contributed by atoms with Crippen LogP contribution in [0.2, 0.25) is 0 Å². The van der Waals surface area contributed by atoms with Gasteiger partial charge in [0.25, 0.3) is 11.8 Å². The van der Waals surface area contributed by atoms with Crippen molar-refractivity contribution in [1.82, 2.24) is 26.3 Å². The second kappa shape index (κ2) is 7.31. The minimum absolute atomic E-state index is 0.349. The van der Waals surface area contributed by atoms with Crippen LogP contribution in [0.4, 0.5) is 0 Å². The highest BCUT2D eigenvalue weighted by atomic mass is 79.9. The normalized spacial score (nSPS) is 11.8. The smallest absolute Gasteiger partial charge is 0.279 e. The van der Waals surface area contributed by atoms with Gasteiger partial charge in [0, 0.05) is 10.0 Å². The van der Waals surface area contributed by atoms with Gasteiger partial charge in [-0.05, 0) is 43.3 Å². The number of halogens is 1. The number of carbonyl (C=O) groups excluding carboxylic acids is 2. The minimum atomic E-state index is -0.785. The van der Waals surface area contributed by atoms with Gasteiger partial charge in [0.2, 0.25) is 0 Å². The number of fused-ring (bicyclic) bond motifs is 1. The highest BCUT2D eigenvalue weighted by Crippen LogP contribution is 2.18. The number of aromatic nitrogens is 3. The summed E-state index contributed by atoms with van der Waals surface area (Å²) in [5, 5.41) is 10.3. The Morgan fingerprint density at radius 2 is 1.92 bits per heavy atom. The summed E-state index contributed by atoms with van der Waals surface area (Å²) >= 11 is 3.33. The van der Waals surface area contributed by atoms with E-state index in [0.29, 0.717) is 22.3 Å².